The molecule has 0 radical (unpaired) electrons. The molecule has 2 N–H and O–H groups in total. The van der Waals surface area contributed by atoms with Crippen LogP contribution in [0.1, 0.15) is 31.2 Å². The molecule has 1 saturated carbocycles. The zero-order valence-corrected chi connectivity index (χ0v) is 20.2. The third-order valence-electron chi connectivity index (χ3n) is 6.85. The van der Waals surface area contributed by atoms with Gasteiger partial charge < -0.3 is 20.3 Å². The molecule has 3 aromatic carbocycles. The van der Waals surface area contributed by atoms with Crippen molar-refractivity contribution in [3.63, 3.8) is 0 Å². The molecular weight excluding hydrogens is 422 g/mol. The van der Waals surface area contributed by atoms with Crippen molar-refractivity contribution in [1.29, 1.82) is 0 Å². The van der Waals surface area contributed by atoms with E-state index in [1.54, 1.807) is 7.11 Å². The standard InChI is InChI=1S/C28H33N5O/c1-33(2)27-23-10-6-7-11-25(23)31-28(32-27)30-21-15-13-20(14-16-21)29-18-24-22-9-5-4-8-19(22)12-17-26(24)34-3/h4-12,17,20-21,29H,13-16,18H2,1-3H3,(H,30,31,32)/t20-,21+. The van der Waals surface area contributed by atoms with Crippen molar-refractivity contribution < 1.29 is 4.74 Å². The van der Waals surface area contributed by atoms with Crippen LogP contribution in [0.25, 0.3) is 21.7 Å². The van der Waals surface area contributed by atoms with Crippen LogP contribution >= 0.6 is 0 Å². The van der Waals surface area contributed by atoms with E-state index < -0.39 is 0 Å². The number of nitrogens with zero attached hydrogens (tertiary/aromatic N) is 3. The molecule has 6 heteroatoms. The van der Waals surface area contributed by atoms with Gasteiger partial charge in [-0.3, -0.25) is 0 Å². The lowest BCUT2D eigenvalue weighted by Gasteiger charge is -2.30. The maximum atomic E-state index is 5.67. The summed E-state index contributed by atoms with van der Waals surface area (Å²) in [5.41, 5.74) is 2.21. The molecule has 0 spiro atoms. The van der Waals surface area contributed by atoms with Crippen LogP contribution in [0.3, 0.4) is 0 Å². The Hall–Kier alpha value is -3.38. The summed E-state index contributed by atoms with van der Waals surface area (Å²) in [4.78, 5) is 11.6. The van der Waals surface area contributed by atoms with Gasteiger partial charge in [0.05, 0.1) is 12.6 Å². The number of aromatic nitrogens is 2. The number of hydrogen-bond acceptors (Lipinski definition) is 6. The van der Waals surface area contributed by atoms with Crippen molar-refractivity contribution in [2.75, 3.05) is 31.4 Å². The third kappa shape index (κ3) is 4.64. The molecule has 176 valence electrons. The summed E-state index contributed by atoms with van der Waals surface area (Å²) < 4.78 is 5.67. The summed E-state index contributed by atoms with van der Waals surface area (Å²) in [5, 5.41) is 11.0. The molecule has 1 aliphatic rings. The van der Waals surface area contributed by atoms with Gasteiger partial charge in [0.25, 0.3) is 0 Å². The van der Waals surface area contributed by atoms with Gasteiger partial charge in [-0.15, -0.1) is 0 Å². The Bertz CT molecular complexity index is 1280. The van der Waals surface area contributed by atoms with Crippen LogP contribution in [0, 0.1) is 0 Å². The van der Waals surface area contributed by atoms with Gasteiger partial charge in [0, 0.05) is 43.7 Å². The largest absolute Gasteiger partial charge is 0.496 e. The van der Waals surface area contributed by atoms with Crippen LogP contribution in [0.4, 0.5) is 11.8 Å². The van der Waals surface area contributed by atoms with Crippen molar-refractivity contribution in [2.45, 2.75) is 44.3 Å². The molecule has 1 aliphatic carbocycles. The van der Waals surface area contributed by atoms with Crippen LogP contribution in [-0.4, -0.2) is 43.3 Å². The number of anilines is 2. The average Bonchev–Trinajstić information content (AvgIpc) is 2.87. The fourth-order valence-electron chi connectivity index (χ4n) is 5.03. The zero-order chi connectivity index (χ0) is 23.5. The topological polar surface area (TPSA) is 62.3 Å². The Labute approximate surface area is 201 Å². The number of methoxy groups -OCH3 is 1. The van der Waals surface area contributed by atoms with Crippen LogP contribution in [0.15, 0.2) is 60.7 Å². The van der Waals surface area contributed by atoms with Gasteiger partial charge in [0.15, 0.2) is 0 Å². The van der Waals surface area contributed by atoms with Gasteiger partial charge in [-0.05, 0) is 54.7 Å². The minimum Gasteiger partial charge on any atom is -0.496 e. The number of fused-ring (bicyclic) bond motifs is 2. The monoisotopic (exact) mass is 455 g/mol. The molecule has 0 bridgehead atoms. The molecule has 0 aliphatic heterocycles. The SMILES string of the molecule is COc1ccc2ccccc2c1CN[C@H]1CC[C@@H](Nc2nc(N(C)C)c3ccccc3n2)CC1. The molecule has 5 rings (SSSR count). The minimum absolute atomic E-state index is 0.390. The van der Waals surface area contributed by atoms with Gasteiger partial charge in [-0.2, -0.15) is 4.98 Å². The molecule has 34 heavy (non-hydrogen) atoms. The van der Waals surface area contributed by atoms with Gasteiger partial charge in [0.2, 0.25) is 5.95 Å². The molecule has 1 fully saturated rings. The number of ether oxygens (including phenoxy) is 1. The summed E-state index contributed by atoms with van der Waals surface area (Å²) in [6.45, 7) is 0.813. The molecule has 0 atom stereocenters. The van der Waals surface area contributed by atoms with E-state index in [4.69, 9.17) is 14.7 Å². The fourth-order valence-corrected chi connectivity index (χ4v) is 5.03. The molecule has 1 aromatic heterocycles. The summed E-state index contributed by atoms with van der Waals surface area (Å²) in [6.07, 6.45) is 4.44. The van der Waals surface area contributed by atoms with Crippen molar-refractivity contribution >= 4 is 33.4 Å². The quantitative estimate of drug-likeness (QED) is 0.391. The molecule has 1 heterocycles. The first kappa shape index (κ1) is 22.4. The smallest absolute Gasteiger partial charge is 0.225 e. The second-order valence-electron chi connectivity index (χ2n) is 9.32. The molecule has 0 unspecified atom stereocenters. The van der Waals surface area contributed by atoms with Gasteiger partial charge in [0.1, 0.15) is 11.6 Å². The highest BCUT2D eigenvalue weighted by molar-refractivity contribution is 5.90. The first-order valence-corrected chi connectivity index (χ1v) is 12.1. The number of rotatable bonds is 7. The lowest BCUT2D eigenvalue weighted by atomic mass is 9.91. The summed E-state index contributed by atoms with van der Waals surface area (Å²) in [7, 11) is 5.81. The number of nitrogens with one attached hydrogen (secondary N) is 2. The average molecular weight is 456 g/mol. The Morgan fingerprint density at radius 1 is 0.853 bits per heavy atom. The van der Waals surface area contributed by atoms with Gasteiger partial charge in [-0.25, -0.2) is 4.98 Å². The van der Waals surface area contributed by atoms with E-state index >= 15 is 0 Å². The second kappa shape index (κ2) is 9.85. The van der Waals surface area contributed by atoms with E-state index in [2.05, 4.69) is 64.1 Å². The van der Waals surface area contributed by atoms with Crippen molar-refractivity contribution in [3.05, 3.63) is 66.2 Å². The molecular formula is C28H33N5O. The van der Waals surface area contributed by atoms with Crippen molar-refractivity contribution in [2.24, 2.45) is 0 Å². The minimum atomic E-state index is 0.390. The van der Waals surface area contributed by atoms with E-state index in [9.17, 15) is 0 Å². The van der Waals surface area contributed by atoms with Crippen LogP contribution in [-0.2, 0) is 6.54 Å². The first-order valence-electron chi connectivity index (χ1n) is 12.1. The van der Waals surface area contributed by atoms with E-state index in [1.165, 1.54) is 16.3 Å². The molecule has 6 nitrogen and oxygen atoms in total. The number of hydrogen-bond donors (Lipinski definition) is 2. The summed E-state index contributed by atoms with van der Waals surface area (Å²) in [6, 6.07) is 21.8. The van der Waals surface area contributed by atoms with Crippen LogP contribution in [0.5, 0.6) is 5.75 Å². The van der Waals surface area contributed by atoms with Crippen LogP contribution in [0.2, 0.25) is 0 Å². The van der Waals surface area contributed by atoms with Gasteiger partial charge in [-0.1, -0.05) is 42.5 Å². The van der Waals surface area contributed by atoms with Crippen molar-refractivity contribution in [3.8, 4) is 5.75 Å². The zero-order valence-electron chi connectivity index (χ0n) is 20.2. The van der Waals surface area contributed by atoms with E-state index in [0.717, 1.165) is 60.6 Å². The normalized spacial score (nSPS) is 18.2. The number of benzene rings is 3. The van der Waals surface area contributed by atoms with E-state index in [0.29, 0.717) is 12.1 Å². The fraction of sp³-hybridized carbons (Fsp3) is 0.357. The lowest BCUT2D eigenvalue weighted by molar-refractivity contribution is 0.348. The Balaban J connectivity index is 1.22. The second-order valence-corrected chi connectivity index (χ2v) is 9.32. The lowest BCUT2D eigenvalue weighted by Crippen LogP contribution is -2.37. The highest BCUT2D eigenvalue weighted by Crippen LogP contribution is 2.29. The maximum Gasteiger partial charge on any atom is 0.225 e. The van der Waals surface area contributed by atoms with Crippen LogP contribution < -0.4 is 20.3 Å². The maximum absolute atomic E-state index is 5.67. The Kier molecular flexibility index (Phi) is 6.50. The molecule has 0 saturated heterocycles. The number of para-hydroxylation sites is 1. The highest BCUT2D eigenvalue weighted by atomic mass is 16.5. The Morgan fingerprint density at radius 2 is 1.56 bits per heavy atom. The highest BCUT2D eigenvalue weighted by Gasteiger charge is 2.22. The predicted molar refractivity (Wildman–Crippen MR) is 141 cm³/mol. The van der Waals surface area contributed by atoms with Gasteiger partial charge >= 0.3 is 0 Å². The Morgan fingerprint density at radius 3 is 2.32 bits per heavy atom. The van der Waals surface area contributed by atoms with E-state index in [1.807, 2.05) is 26.2 Å². The molecule has 0 amide bonds. The molecule has 4 aromatic rings. The summed E-state index contributed by atoms with van der Waals surface area (Å²) in [5.74, 6) is 2.62. The predicted octanol–water partition coefficient (Wildman–Crippen LogP) is 5.37. The third-order valence-corrected chi connectivity index (χ3v) is 6.85. The first-order chi connectivity index (χ1) is 16.6. The van der Waals surface area contributed by atoms with E-state index in [-0.39, 0.29) is 0 Å². The van der Waals surface area contributed by atoms with Crippen molar-refractivity contribution in [1.82, 2.24) is 15.3 Å². The summed E-state index contributed by atoms with van der Waals surface area (Å²) >= 11 is 0.